The molecule has 1 amide bonds. The van der Waals surface area contributed by atoms with Crippen LogP contribution in [0.5, 0.6) is 0 Å². The van der Waals surface area contributed by atoms with E-state index in [0.717, 1.165) is 12.0 Å². The van der Waals surface area contributed by atoms with Crippen LogP contribution in [0.25, 0.3) is 0 Å². The number of aryl methyl sites for hydroxylation is 1. The zero-order valence-corrected chi connectivity index (χ0v) is 13.3. The van der Waals surface area contributed by atoms with Gasteiger partial charge < -0.3 is 15.5 Å². The van der Waals surface area contributed by atoms with Gasteiger partial charge in [-0.3, -0.25) is 4.79 Å². The number of carboxylic acids is 1. The third kappa shape index (κ3) is 5.21. The average molecular weight is 327 g/mol. The van der Waals surface area contributed by atoms with Crippen LogP contribution >= 0.6 is 0 Å². The smallest absolute Gasteiger partial charge is 0.326 e. The monoisotopic (exact) mass is 327 g/mol. The molecule has 0 aliphatic rings. The van der Waals surface area contributed by atoms with Gasteiger partial charge in [-0.15, -0.1) is 0 Å². The molecule has 0 saturated carbocycles. The lowest BCUT2D eigenvalue weighted by Crippen LogP contribution is -2.43. The standard InChI is InChI=1S/C19H21NO4/c21-17(15-11-5-2-6-12-15)18(22)20-16(19(23)24)13-7-10-14-8-3-1-4-9-14/h1-6,8-9,11-12,16-17,21H,7,10,13H2,(H,20,22)(H,23,24)/t16-,17-/m0/s1. The Hall–Kier alpha value is -2.66. The molecule has 0 aliphatic carbocycles. The van der Waals surface area contributed by atoms with E-state index in [0.29, 0.717) is 18.4 Å². The Morgan fingerprint density at radius 2 is 1.54 bits per heavy atom. The van der Waals surface area contributed by atoms with E-state index in [1.54, 1.807) is 30.3 Å². The SMILES string of the molecule is O=C(O)[C@H](CCCc1ccccc1)NC(=O)[C@@H](O)c1ccccc1. The summed E-state index contributed by atoms with van der Waals surface area (Å²) in [5.74, 6) is -1.80. The predicted molar refractivity (Wildman–Crippen MR) is 90.3 cm³/mol. The number of aliphatic hydroxyl groups is 1. The maximum atomic E-state index is 12.1. The zero-order valence-electron chi connectivity index (χ0n) is 13.3. The lowest BCUT2D eigenvalue weighted by molar-refractivity contribution is -0.143. The van der Waals surface area contributed by atoms with Gasteiger partial charge in [0.2, 0.25) is 0 Å². The van der Waals surface area contributed by atoms with Gasteiger partial charge in [0.05, 0.1) is 0 Å². The van der Waals surface area contributed by atoms with E-state index in [-0.39, 0.29) is 0 Å². The number of nitrogens with one attached hydrogen (secondary N) is 1. The molecular formula is C19H21NO4. The number of carbonyl (C=O) groups excluding carboxylic acids is 1. The molecule has 0 fully saturated rings. The number of rotatable bonds is 8. The molecule has 2 rings (SSSR count). The Labute approximate surface area is 141 Å². The van der Waals surface area contributed by atoms with E-state index in [4.69, 9.17) is 0 Å². The van der Waals surface area contributed by atoms with Gasteiger partial charge in [-0.1, -0.05) is 60.7 Å². The highest BCUT2D eigenvalue weighted by Gasteiger charge is 2.24. The summed E-state index contributed by atoms with van der Waals surface area (Å²) in [6.45, 7) is 0. The number of hydrogen-bond donors (Lipinski definition) is 3. The Balaban J connectivity index is 1.88. The first-order valence-electron chi connectivity index (χ1n) is 7.88. The fraction of sp³-hybridized carbons (Fsp3) is 0.263. The van der Waals surface area contributed by atoms with Crippen molar-refractivity contribution in [2.45, 2.75) is 31.4 Å². The van der Waals surface area contributed by atoms with Crippen molar-refractivity contribution in [1.29, 1.82) is 0 Å². The second-order valence-corrected chi connectivity index (χ2v) is 5.59. The number of benzene rings is 2. The molecule has 0 aromatic heterocycles. The van der Waals surface area contributed by atoms with E-state index >= 15 is 0 Å². The highest BCUT2D eigenvalue weighted by Crippen LogP contribution is 2.13. The molecule has 2 atom stereocenters. The van der Waals surface area contributed by atoms with Gasteiger partial charge in [-0.2, -0.15) is 0 Å². The van der Waals surface area contributed by atoms with Crippen LogP contribution in [0, 0.1) is 0 Å². The Morgan fingerprint density at radius 3 is 2.12 bits per heavy atom. The first-order valence-corrected chi connectivity index (χ1v) is 7.88. The van der Waals surface area contributed by atoms with Crippen molar-refractivity contribution < 1.29 is 19.8 Å². The van der Waals surface area contributed by atoms with E-state index in [2.05, 4.69) is 5.32 Å². The topological polar surface area (TPSA) is 86.6 Å². The molecule has 24 heavy (non-hydrogen) atoms. The summed E-state index contributed by atoms with van der Waals surface area (Å²) in [7, 11) is 0. The lowest BCUT2D eigenvalue weighted by atomic mass is 10.0. The molecule has 5 heteroatoms. The van der Waals surface area contributed by atoms with Crippen molar-refractivity contribution in [2.75, 3.05) is 0 Å². The van der Waals surface area contributed by atoms with Crippen molar-refractivity contribution >= 4 is 11.9 Å². The van der Waals surface area contributed by atoms with Crippen molar-refractivity contribution in [3.05, 3.63) is 71.8 Å². The molecule has 2 aromatic carbocycles. The number of hydrogen-bond acceptors (Lipinski definition) is 3. The van der Waals surface area contributed by atoms with Crippen LogP contribution in [0.3, 0.4) is 0 Å². The fourth-order valence-corrected chi connectivity index (χ4v) is 2.45. The zero-order chi connectivity index (χ0) is 17.4. The van der Waals surface area contributed by atoms with Gasteiger partial charge in [-0.25, -0.2) is 4.79 Å². The second kappa shape index (κ2) is 8.84. The summed E-state index contributed by atoms with van der Waals surface area (Å²) in [6, 6.07) is 17.2. The summed E-state index contributed by atoms with van der Waals surface area (Å²) in [6.07, 6.45) is 0.296. The number of amides is 1. The van der Waals surface area contributed by atoms with Gasteiger partial charge in [0.1, 0.15) is 6.04 Å². The maximum absolute atomic E-state index is 12.1. The molecule has 126 valence electrons. The average Bonchev–Trinajstić information content (AvgIpc) is 2.61. The number of aliphatic carboxylic acids is 1. The van der Waals surface area contributed by atoms with E-state index in [1.807, 2.05) is 30.3 Å². The minimum Gasteiger partial charge on any atom is -0.480 e. The summed E-state index contributed by atoms with van der Waals surface area (Å²) in [4.78, 5) is 23.4. The molecule has 5 nitrogen and oxygen atoms in total. The lowest BCUT2D eigenvalue weighted by Gasteiger charge is -2.17. The Bertz CT molecular complexity index is 658. The predicted octanol–water partition coefficient (Wildman–Crippen LogP) is 2.31. The molecular weight excluding hydrogens is 306 g/mol. The highest BCUT2D eigenvalue weighted by molar-refractivity contribution is 5.86. The summed E-state index contributed by atoms with van der Waals surface area (Å²) in [5.41, 5.74) is 1.56. The molecule has 0 radical (unpaired) electrons. The molecule has 0 heterocycles. The Kier molecular flexibility index (Phi) is 6.51. The molecule has 0 unspecified atom stereocenters. The number of aliphatic hydroxyl groups excluding tert-OH is 1. The fourth-order valence-electron chi connectivity index (χ4n) is 2.45. The van der Waals surface area contributed by atoms with Crippen LogP contribution in [0.2, 0.25) is 0 Å². The number of carboxylic acid groups (broad SMARTS) is 1. The van der Waals surface area contributed by atoms with Crippen LogP contribution in [-0.4, -0.2) is 28.1 Å². The first kappa shape index (κ1) is 17.7. The normalized spacial score (nSPS) is 13.0. The minimum atomic E-state index is -1.37. The Morgan fingerprint density at radius 1 is 0.958 bits per heavy atom. The molecule has 2 aromatic rings. The van der Waals surface area contributed by atoms with Gasteiger partial charge in [0, 0.05) is 0 Å². The first-order chi connectivity index (χ1) is 11.6. The van der Waals surface area contributed by atoms with Crippen LogP contribution in [-0.2, 0) is 16.0 Å². The molecule has 0 spiro atoms. The van der Waals surface area contributed by atoms with Crippen molar-refractivity contribution in [2.24, 2.45) is 0 Å². The van der Waals surface area contributed by atoms with Gasteiger partial charge >= 0.3 is 5.97 Å². The van der Waals surface area contributed by atoms with Gasteiger partial charge in [-0.05, 0) is 30.4 Å². The summed E-state index contributed by atoms with van der Waals surface area (Å²) < 4.78 is 0. The van der Waals surface area contributed by atoms with E-state index in [9.17, 15) is 19.8 Å². The third-order valence-corrected chi connectivity index (χ3v) is 3.78. The van der Waals surface area contributed by atoms with E-state index < -0.39 is 24.0 Å². The minimum absolute atomic E-state index is 0.303. The molecule has 0 saturated heterocycles. The molecule has 3 N–H and O–H groups in total. The second-order valence-electron chi connectivity index (χ2n) is 5.59. The van der Waals surface area contributed by atoms with Crippen LogP contribution in [0.4, 0.5) is 0 Å². The van der Waals surface area contributed by atoms with Crippen molar-refractivity contribution in [3.8, 4) is 0 Å². The largest absolute Gasteiger partial charge is 0.480 e. The third-order valence-electron chi connectivity index (χ3n) is 3.78. The maximum Gasteiger partial charge on any atom is 0.326 e. The van der Waals surface area contributed by atoms with Gasteiger partial charge in [0.25, 0.3) is 5.91 Å². The van der Waals surface area contributed by atoms with Crippen LogP contribution < -0.4 is 5.32 Å². The molecule has 0 bridgehead atoms. The summed E-state index contributed by atoms with van der Waals surface area (Å²) >= 11 is 0. The molecule has 0 aliphatic heterocycles. The quantitative estimate of drug-likeness (QED) is 0.694. The van der Waals surface area contributed by atoms with Gasteiger partial charge in [0.15, 0.2) is 6.10 Å². The van der Waals surface area contributed by atoms with Crippen LogP contribution in [0.1, 0.15) is 30.1 Å². The van der Waals surface area contributed by atoms with Crippen LogP contribution in [0.15, 0.2) is 60.7 Å². The summed E-state index contributed by atoms with van der Waals surface area (Å²) in [5, 5.41) is 21.7. The highest BCUT2D eigenvalue weighted by atomic mass is 16.4. The van der Waals surface area contributed by atoms with Crippen molar-refractivity contribution in [3.63, 3.8) is 0 Å². The van der Waals surface area contributed by atoms with Crippen molar-refractivity contribution in [1.82, 2.24) is 5.32 Å². The van der Waals surface area contributed by atoms with E-state index in [1.165, 1.54) is 0 Å². The number of carbonyl (C=O) groups is 2.